The third-order valence-electron chi connectivity index (χ3n) is 2.72. The average Bonchev–Trinajstić information content (AvgIpc) is 2.69. The highest BCUT2D eigenvalue weighted by Crippen LogP contribution is 2.23. The lowest BCUT2D eigenvalue weighted by Crippen LogP contribution is -2.15. The van der Waals surface area contributed by atoms with Crippen LogP contribution in [0.1, 0.15) is 25.1 Å². The van der Waals surface area contributed by atoms with Crippen LogP contribution in [-0.4, -0.2) is 33.7 Å². The van der Waals surface area contributed by atoms with Gasteiger partial charge in [-0.25, -0.2) is 9.67 Å². The molecule has 0 radical (unpaired) electrons. The summed E-state index contributed by atoms with van der Waals surface area (Å²) >= 11 is 6.04. The Balaban J connectivity index is 2.54. The topological polar surface area (TPSA) is 52.8 Å². The summed E-state index contributed by atoms with van der Waals surface area (Å²) in [4.78, 5) is 4.16. The molecule has 0 aliphatic heterocycles. The summed E-state index contributed by atoms with van der Waals surface area (Å²) in [6.45, 7) is 4.60. The van der Waals surface area contributed by atoms with Crippen LogP contribution >= 0.6 is 11.6 Å². The molecule has 92 valence electrons. The van der Waals surface area contributed by atoms with E-state index in [1.807, 2.05) is 17.7 Å². The zero-order chi connectivity index (χ0) is 12.4. The number of aryl methyl sites for hydroxylation is 1. The fraction of sp³-hybridized carbons (Fsp3) is 0.545. The Bertz CT molecular complexity index is 525. The first-order chi connectivity index (χ1) is 8.17. The molecule has 0 saturated heterocycles. The van der Waals surface area contributed by atoms with Crippen molar-refractivity contribution in [2.75, 3.05) is 13.7 Å². The van der Waals surface area contributed by atoms with E-state index in [0.29, 0.717) is 17.3 Å². The second kappa shape index (κ2) is 4.98. The molecule has 0 fully saturated rings. The van der Waals surface area contributed by atoms with Gasteiger partial charge in [0.15, 0.2) is 5.15 Å². The summed E-state index contributed by atoms with van der Waals surface area (Å²) in [6, 6.07) is 2.11. The lowest BCUT2D eigenvalue weighted by Gasteiger charge is -2.14. The Morgan fingerprint density at radius 1 is 1.53 bits per heavy atom. The minimum atomic E-state index is 0.169. The zero-order valence-electron chi connectivity index (χ0n) is 10.1. The van der Waals surface area contributed by atoms with Crippen molar-refractivity contribution < 1.29 is 4.74 Å². The monoisotopic (exact) mass is 254 g/mol. The van der Waals surface area contributed by atoms with Crippen LogP contribution in [0.25, 0.3) is 11.0 Å². The van der Waals surface area contributed by atoms with E-state index in [4.69, 9.17) is 16.3 Å². The number of aromatic nitrogens is 4. The van der Waals surface area contributed by atoms with Gasteiger partial charge >= 0.3 is 0 Å². The summed E-state index contributed by atoms with van der Waals surface area (Å²) < 4.78 is 7.05. The van der Waals surface area contributed by atoms with Gasteiger partial charge in [0.1, 0.15) is 5.52 Å². The Hall–Kier alpha value is -1.20. The highest BCUT2D eigenvalue weighted by atomic mass is 35.5. The molecule has 17 heavy (non-hydrogen) atoms. The van der Waals surface area contributed by atoms with E-state index in [2.05, 4.69) is 22.2 Å². The molecule has 1 unspecified atom stereocenters. The number of halogens is 1. The largest absolute Gasteiger partial charge is 0.382 e. The van der Waals surface area contributed by atoms with E-state index in [0.717, 1.165) is 17.6 Å². The van der Waals surface area contributed by atoms with Crippen LogP contribution < -0.4 is 0 Å². The molecule has 0 amide bonds. The number of ether oxygens (including phenoxy) is 1. The maximum Gasteiger partial charge on any atom is 0.159 e. The molecule has 2 aromatic heterocycles. The minimum Gasteiger partial charge on any atom is -0.382 e. The van der Waals surface area contributed by atoms with Crippen LogP contribution in [0, 0.1) is 6.92 Å². The van der Waals surface area contributed by atoms with Crippen LogP contribution in [-0.2, 0) is 4.74 Å². The van der Waals surface area contributed by atoms with Gasteiger partial charge in [-0.05, 0) is 19.4 Å². The van der Waals surface area contributed by atoms with E-state index in [1.54, 1.807) is 7.11 Å². The van der Waals surface area contributed by atoms with Crippen molar-refractivity contribution >= 4 is 22.6 Å². The van der Waals surface area contributed by atoms with Gasteiger partial charge in [0.05, 0.1) is 18.2 Å². The first kappa shape index (κ1) is 12.3. The number of pyridine rings is 1. The van der Waals surface area contributed by atoms with Crippen molar-refractivity contribution in [3.8, 4) is 0 Å². The van der Waals surface area contributed by atoms with E-state index in [9.17, 15) is 0 Å². The molecule has 0 aromatic carbocycles. The second-order valence-corrected chi connectivity index (χ2v) is 4.33. The van der Waals surface area contributed by atoms with Crippen molar-refractivity contribution in [1.29, 1.82) is 0 Å². The highest BCUT2D eigenvalue weighted by Gasteiger charge is 2.16. The maximum absolute atomic E-state index is 6.04. The number of hydrogen-bond acceptors (Lipinski definition) is 4. The fourth-order valence-corrected chi connectivity index (χ4v) is 2.11. The first-order valence-corrected chi connectivity index (χ1v) is 5.92. The standard InChI is InChI=1S/C11H15ClN4O/c1-4-8(6-17-3)16-9-5-7(2)13-11(12)10(9)14-15-16/h5,8H,4,6H2,1-3H3. The van der Waals surface area contributed by atoms with Gasteiger partial charge in [-0.1, -0.05) is 23.7 Å². The van der Waals surface area contributed by atoms with Gasteiger partial charge < -0.3 is 4.74 Å². The number of nitrogens with zero attached hydrogens (tertiary/aromatic N) is 4. The van der Waals surface area contributed by atoms with Crippen LogP contribution in [0.4, 0.5) is 0 Å². The summed E-state index contributed by atoms with van der Waals surface area (Å²) in [6.07, 6.45) is 0.922. The van der Waals surface area contributed by atoms with Crippen LogP contribution in [0.3, 0.4) is 0 Å². The maximum atomic E-state index is 6.04. The molecule has 0 bridgehead atoms. The zero-order valence-corrected chi connectivity index (χ0v) is 10.9. The normalized spacial score (nSPS) is 13.2. The molecule has 2 aromatic rings. The first-order valence-electron chi connectivity index (χ1n) is 5.54. The van der Waals surface area contributed by atoms with Gasteiger partial charge in [-0.3, -0.25) is 0 Å². The predicted octanol–water partition coefficient (Wildman–Crippen LogP) is 2.39. The van der Waals surface area contributed by atoms with Gasteiger partial charge in [0, 0.05) is 12.8 Å². The molecule has 1 atom stereocenters. The van der Waals surface area contributed by atoms with Gasteiger partial charge in [-0.2, -0.15) is 0 Å². The van der Waals surface area contributed by atoms with Crippen LogP contribution in [0.15, 0.2) is 6.07 Å². The molecule has 0 spiro atoms. The molecule has 0 saturated carbocycles. The molecule has 2 heterocycles. The van der Waals surface area contributed by atoms with Crippen LogP contribution in [0.2, 0.25) is 5.15 Å². The average molecular weight is 255 g/mol. The molecule has 0 N–H and O–H groups in total. The quantitative estimate of drug-likeness (QED) is 0.786. The van der Waals surface area contributed by atoms with E-state index < -0.39 is 0 Å². The lowest BCUT2D eigenvalue weighted by atomic mass is 10.2. The Morgan fingerprint density at radius 3 is 2.94 bits per heavy atom. The van der Waals surface area contributed by atoms with Crippen molar-refractivity contribution in [3.05, 3.63) is 16.9 Å². The molecular formula is C11H15ClN4O. The highest BCUT2D eigenvalue weighted by molar-refractivity contribution is 6.33. The summed E-state index contributed by atoms with van der Waals surface area (Å²) in [5.74, 6) is 0. The lowest BCUT2D eigenvalue weighted by molar-refractivity contribution is 0.148. The van der Waals surface area contributed by atoms with Gasteiger partial charge in [0.25, 0.3) is 0 Å². The molecule has 2 rings (SSSR count). The minimum absolute atomic E-state index is 0.169. The van der Waals surface area contributed by atoms with Crippen molar-refractivity contribution in [2.45, 2.75) is 26.3 Å². The number of hydrogen-bond donors (Lipinski definition) is 0. The summed E-state index contributed by atoms with van der Waals surface area (Å²) in [7, 11) is 1.68. The molecular weight excluding hydrogens is 240 g/mol. The number of methoxy groups -OCH3 is 1. The molecule has 0 aliphatic rings. The number of fused-ring (bicyclic) bond motifs is 1. The van der Waals surface area contributed by atoms with Crippen molar-refractivity contribution in [1.82, 2.24) is 20.0 Å². The molecule has 0 aliphatic carbocycles. The van der Waals surface area contributed by atoms with E-state index in [-0.39, 0.29) is 6.04 Å². The van der Waals surface area contributed by atoms with E-state index in [1.165, 1.54) is 0 Å². The molecule has 5 nitrogen and oxygen atoms in total. The van der Waals surface area contributed by atoms with Crippen LogP contribution in [0.5, 0.6) is 0 Å². The Labute approximate surface area is 105 Å². The summed E-state index contributed by atoms with van der Waals surface area (Å²) in [5.41, 5.74) is 2.41. The second-order valence-electron chi connectivity index (χ2n) is 3.97. The summed E-state index contributed by atoms with van der Waals surface area (Å²) in [5, 5.41) is 8.62. The SMILES string of the molecule is CCC(COC)n1nnc2c(Cl)nc(C)cc21. The third kappa shape index (κ3) is 2.25. The fourth-order valence-electron chi connectivity index (χ4n) is 1.84. The molecule has 6 heteroatoms. The third-order valence-corrected chi connectivity index (χ3v) is 2.99. The Morgan fingerprint density at radius 2 is 2.29 bits per heavy atom. The number of rotatable bonds is 4. The van der Waals surface area contributed by atoms with Crippen molar-refractivity contribution in [3.63, 3.8) is 0 Å². The smallest absolute Gasteiger partial charge is 0.159 e. The van der Waals surface area contributed by atoms with Gasteiger partial charge in [0.2, 0.25) is 0 Å². The van der Waals surface area contributed by atoms with Crippen molar-refractivity contribution in [2.24, 2.45) is 0 Å². The predicted molar refractivity (Wildman–Crippen MR) is 66.3 cm³/mol. The van der Waals surface area contributed by atoms with E-state index >= 15 is 0 Å². The van der Waals surface area contributed by atoms with Gasteiger partial charge in [-0.15, -0.1) is 5.10 Å². The Kier molecular flexibility index (Phi) is 3.59.